The summed E-state index contributed by atoms with van der Waals surface area (Å²) in [6.07, 6.45) is 0.974. The Labute approximate surface area is 133 Å². The van der Waals surface area contributed by atoms with E-state index in [1.54, 1.807) is 6.92 Å². The summed E-state index contributed by atoms with van der Waals surface area (Å²) < 4.78 is 1.29. The topological polar surface area (TPSA) is 20.3 Å². The van der Waals surface area contributed by atoms with Gasteiger partial charge in [-0.05, 0) is 59.7 Å². The van der Waals surface area contributed by atoms with Crippen LogP contribution < -0.4 is 4.90 Å². The van der Waals surface area contributed by atoms with Crippen LogP contribution in [0, 0.1) is 3.57 Å². The van der Waals surface area contributed by atoms with Gasteiger partial charge in [0.25, 0.3) is 0 Å². The fourth-order valence-electron chi connectivity index (χ4n) is 2.21. The van der Waals surface area contributed by atoms with Gasteiger partial charge in [0, 0.05) is 28.4 Å². The molecule has 0 N–H and O–H groups in total. The Morgan fingerprint density at radius 3 is 2.45 bits per heavy atom. The van der Waals surface area contributed by atoms with Crippen LogP contribution in [0.3, 0.4) is 0 Å². The van der Waals surface area contributed by atoms with Crippen LogP contribution in [0.1, 0.15) is 22.8 Å². The summed E-state index contributed by atoms with van der Waals surface area (Å²) in [5.74, 6) is 0.113. The average Bonchev–Trinajstić information content (AvgIpc) is 2.46. The Kier molecular flexibility index (Phi) is 5.17. The molecule has 2 rings (SSSR count). The Hall–Kier alpha value is -1.36. The third-order valence-corrected chi connectivity index (χ3v) is 4.42. The summed E-state index contributed by atoms with van der Waals surface area (Å²) >= 11 is 2.37. The van der Waals surface area contributed by atoms with E-state index in [9.17, 15) is 4.79 Å². The number of anilines is 1. The maximum absolute atomic E-state index is 11.7. The van der Waals surface area contributed by atoms with E-state index in [1.807, 2.05) is 31.3 Å². The zero-order chi connectivity index (χ0) is 14.5. The standard InChI is InChI=1S/C17H18INO/c1-13(20)15-8-4-6-10-17(15)19(2)12-11-14-7-3-5-9-16(14)18/h3-10H,11-12H2,1-2H3. The number of para-hydroxylation sites is 1. The fourth-order valence-corrected chi connectivity index (χ4v) is 2.87. The van der Waals surface area contributed by atoms with Gasteiger partial charge >= 0.3 is 0 Å². The monoisotopic (exact) mass is 379 g/mol. The molecule has 0 spiro atoms. The van der Waals surface area contributed by atoms with Crippen molar-refractivity contribution in [3.63, 3.8) is 0 Å². The molecule has 2 nitrogen and oxygen atoms in total. The van der Waals surface area contributed by atoms with Gasteiger partial charge in [0.05, 0.1) is 0 Å². The van der Waals surface area contributed by atoms with Crippen molar-refractivity contribution in [3.8, 4) is 0 Å². The number of Topliss-reactive ketones (excluding diaryl/α,β-unsaturated/α-hetero) is 1. The van der Waals surface area contributed by atoms with Gasteiger partial charge in [0.1, 0.15) is 0 Å². The molecule has 0 aliphatic rings. The molecule has 20 heavy (non-hydrogen) atoms. The SMILES string of the molecule is CC(=O)c1ccccc1N(C)CCc1ccccc1I. The number of carbonyl (C=O) groups excluding carboxylic acids is 1. The number of carbonyl (C=O) groups is 1. The van der Waals surface area contributed by atoms with Crippen LogP contribution in [-0.4, -0.2) is 19.4 Å². The summed E-state index contributed by atoms with van der Waals surface area (Å²) in [5.41, 5.74) is 3.14. The van der Waals surface area contributed by atoms with E-state index in [2.05, 4.69) is 51.8 Å². The van der Waals surface area contributed by atoms with E-state index < -0.39 is 0 Å². The van der Waals surface area contributed by atoms with Gasteiger partial charge in [-0.25, -0.2) is 0 Å². The molecule has 0 aliphatic heterocycles. The first kappa shape index (κ1) is 15.0. The molecule has 0 bridgehead atoms. The van der Waals surface area contributed by atoms with E-state index in [0.717, 1.165) is 24.2 Å². The number of benzene rings is 2. The van der Waals surface area contributed by atoms with E-state index >= 15 is 0 Å². The highest BCUT2D eigenvalue weighted by Gasteiger charge is 2.10. The van der Waals surface area contributed by atoms with Crippen LogP contribution in [0.25, 0.3) is 0 Å². The fraction of sp³-hybridized carbons (Fsp3) is 0.235. The first-order chi connectivity index (χ1) is 9.59. The maximum atomic E-state index is 11.7. The van der Waals surface area contributed by atoms with Crippen LogP contribution >= 0.6 is 22.6 Å². The van der Waals surface area contributed by atoms with Crippen molar-refractivity contribution in [1.82, 2.24) is 0 Å². The largest absolute Gasteiger partial charge is 0.374 e. The molecule has 0 amide bonds. The van der Waals surface area contributed by atoms with Gasteiger partial charge in [0.2, 0.25) is 0 Å². The molecule has 3 heteroatoms. The molecule has 0 fully saturated rings. The molecule has 0 heterocycles. The lowest BCUT2D eigenvalue weighted by Crippen LogP contribution is -2.22. The molecule has 0 saturated carbocycles. The summed E-state index contributed by atoms with van der Waals surface area (Å²) in [6, 6.07) is 16.2. The predicted molar refractivity (Wildman–Crippen MR) is 92.6 cm³/mol. The van der Waals surface area contributed by atoms with Gasteiger partial charge in [-0.15, -0.1) is 0 Å². The number of likely N-dealkylation sites (N-methyl/N-ethyl adjacent to an activating group) is 1. The van der Waals surface area contributed by atoms with Crippen molar-refractivity contribution in [2.75, 3.05) is 18.5 Å². The van der Waals surface area contributed by atoms with Crippen molar-refractivity contribution >= 4 is 34.1 Å². The Balaban J connectivity index is 2.11. The number of hydrogen-bond acceptors (Lipinski definition) is 2. The summed E-state index contributed by atoms with van der Waals surface area (Å²) in [5, 5.41) is 0. The van der Waals surface area contributed by atoms with Crippen molar-refractivity contribution in [2.24, 2.45) is 0 Å². The minimum Gasteiger partial charge on any atom is -0.374 e. The second-order valence-corrected chi connectivity index (χ2v) is 6.00. The minimum absolute atomic E-state index is 0.113. The average molecular weight is 379 g/mol. The first-order valence-corrected chi connectivity index (χ1v) is 7.72. The zero-order valence-corrected chi connectivity index (χ0v) is 13.9. The van der Waals surface area contributed by atoms with Gasteiger partial charge in [-0.1, -0.05) is 30.3 Å². The van der Waals surface area contributed by atoms with Gasteiger partial charge < -0.3 is 4.90 Å². The summed E-state index contributed by atoms with van der Waals surface area (Å²) in [6.45, 7) is 2.51. The molecule has 2 aromatic rings. The molecule has 0 unspecified atom stereocenters. The lowest BCUT2D eigenvalue weighted by atomic mass is 10.1. The second-order valence-electron chi connectivity index (χ2n) is 4.84. The number of ketones is 1. The lowest BCUT2D eigenvalue weighted by molar-refractivity contribution is 0.101. The number of hydrogen-bond donors (Lipinski definition) is 0. The van der Waals surface area contributed by atoms with E-state index in [4.69, 9.17) is 0 Å². The molecule has 104 valence electrons. The molecule has 0 aromatic heterocycles. The number of rotatable bonds is 5. The Morgan fingerprint density at radius 1 is 1.10 bits per heavy atom. The molecule has 0 radical (unpaired) electrons. The third-order valence-electron chi connectivity index (χ3n) is 3.37. The molecular weight excluding hydrogens is 361 g/mol. The normalized spacial score (nSPS) is 10.3. The third kappa shape index (κ3) is 3.60. The Bertz CT molecular complexity index is 609. The van der Waals surface area contributed by atoms with E-state index in [0.29, 0.717) is 0 Å². The quantitative estimate of drug-likeness (QED) is 0.574. The lowest BCUT2D eigenvalue weighted by Gasteiger charge is -2.22. The van der Waals surface area contributed by atoms with Gasteiger partial charge in [-0.2, -0.15) is 0 Å². The van der Waals surface area contributed by atoms with Crippen LogP contribution in [0.15, 0.2) is 48.5 Å². The summed E-state index contributed by atoms with van der Waals surface area (Å²) in [7, 11) is 2.04. The van der Waals surface area contributed by atoms with Crippen LogP contribution in [0.2, 0.25) is 0 Å². The number of halogens is 1. The smallest absolute Gasteiger partial charge is 0.161 e. The highest BCUT2D eigenvalue weighted by molar-refractivity contribution is 14.1. The van der Waals surface area contributed by atoms with Crippen LogP contribution in [0.4, 0.5) is 5.69 Å². The zero-order valence-electron chi connectivity index (χ0n) is 11.8. The number of nitrogens with zero attached hydrogens (tertiary/aromatic N) is 1. The maximum Gasteiger partial charge on any atom is 0.161 e. The molecular formula is C17H18INO. The predicted octanol–water partition coefficient (Wildman–Crippen LogP) is 4.17. The van der Waals surface area contributed by atoms with Crippen molar-refractivity contribution in [2.45, 2.75) is 13.3 Å². The van der Waals surface area contributed by atoms with Crippen molar-refractivity contribution in [3.05, 3.63) is 63.2 Å². The van der Waals surface area contributed by atoms with Gasteiger partial charge in [-0.3, -0.25) is 4.79 Å². The van der Waals surface area contributed by atoms with E-state index in [-0.39, 0.29) is 5.78 Å². The van der Waals surface area contributed by atoms with Crippen molar-refractivity contribution in [1.29, 1.82) is 0 Å². The highest BCUT2D eigenvalue weighted by atomic mass is 127. The Morgan fingerprint density at radius 2 is 1.75 bits per heavy atom. The highest BCUT2D eigenvalue weighted by Crippen LogP contribution is 2.20. The molecule has 2 aromatic carbocycles. The van der Waals surface area contributed by atoms with Crippen LogP contribution in [-0.2, 0) is 6.42 Å². The molecule has 0 saturated heterocycles. The van der Waals surface area contributed by atoms with E-state index in [1.165, 1.54) is 9.13 Å². The molecule has 0 aliphatic carbocycles. The first-order valence-electron chi connectivity index (χ1n) is 6.64. The second kappa shape index (κ2) is 6.88. The van der Waals surface area contributed by atoms with Gasteiger partial charge in [0.15, 0.2) is 5.78 Å². The van der Waals surface area contributed by atoms with Crippen LogP contribution in [0.5, 0.6) is 0 Å². The summed E-state index contributed by atoms with van der Waals surface area (Å²) in [4.78, 5) is 13.8. The molecule has 0 atom stereocenters. The minimum atomic E-state index is 0.113. The van der Waals surface area contributed by atoms with Crippen molar-refractivity contribution < 1.29 is 4.79 Å².